The van der Waals surface area contributed by atoms with E-state index in [1.807, 2.05) is 0 Å². The molecule has 24 heavy (non-hydrogen) atoms. The van der Waals surface area contributed by atoms with Crippen molar-refractivity contribution in [1.82, 2.24) is 0 Å². The van der Waals surface area contributed by atoms with Gasteiger partial charge in [-0.3, -0.25) is 0 Å². The molecule has 7 heteroatoms. The van der Waals surface area contributed by atoms with Gasteiger partial charge in [-0.25, -0.2) is 8.42 Å². The van der Waals surface area contributed by atoms with Crippen molar-refractivity contribution in [2.24, 2.45) is 5.41 Å². The highest BCUT2D eigenvalue weighted by Crippen LogP contribution is 2.23. The highest BCUT2D eigenvalue weighted by Gasteiger charge is 2.33. The molecule has 0 amide bonds. The summed E-state index contributed by atoms with van der Waals surface area (Å²) in [6.45, 7) is 5.35. The van der Waals surface area contributed by atoms with Crippen molar-refractivity contribution in [3.05, 3.63) is 53.6 Å². The zero-order valence-corrected chi connectivity index (χ0v) is 15.1. The Morgan fingerprint density at radius 3 is 1.88 bits per heavy atom. The summed E-state index contributed by atoms with van der Waals surface area (Å²) in [5.74, 6) is 0. The van der Waals surface area contributed by atoms with Crippen LogP contribution in [0, 0.1) is 5.41 Å². The molecular formula is C17H18BClO4S. The van der Waals surface area contributed by atoms with Crippen LogP contribution in [0.4, 0.5) is 0 Å². The first kappa shape index (κ1) is 17.5. The lowest BCUT2D eigenvalue weighted by Gasteiger charge is -2.33. The molecule has 1 aliphatic heterocycles. The number of sulfone groups is 1. The Labute approximate surface area is 147 Å². The predicted octanol–water partition coefficient (Wildman–Crippen LogP) is 2.94. The fourth-order valence-electron chi connectivity index (χ4n) is 2.44. The van der Waals surface area contributed by atoms with Crippen molar-refractivity contribution in [3.8, 4) is 0 Å². The average Bonchev–Trinajstić information content (AvgIpc) is 2.55. The predicted molar refractivity (Wildman–Crippen MR) is 94.4 cm³/mol. The minimum absolute atomic E-state index is 0.00559. The van der Waals surface area contributed by atoms with Crippen LogP contribution < -0.4 is 5.46 Å². The van der Waals surface area contributed by atoms with E-state index in [0.29, 0.717) is 18.2 Å². The summed E-state index contributed by atoms with van der Waals surface area (Å²) in [7, 11) is -4.02. The van der Waals surface area contributed by atoms with E-state index in [0.717, 1.165) is 5.46 Å². The third-order valence-electron chi connectivity index (χ3n) is 3.84. The summed E-state index contributed by atoms with van der Waals surface area (Å²) in [4.78, 5) is 0.441. The van der Waals surface area contributed by atoms with Crippen LogP contribution in [0.2, 0.25) is 5.02 Å². The lowest BCUT2D eigenvalue weighted by molar-refractivity contribution is 0.0343. The van der Waals surface area contributed by atoms with Gasteiger partial charge in [0.1, 0.15) is 0 Å². The van der Waals surface area contributed by atoms with E-state index in [2.05, 4.69) is 13.8 Å². The fraction of sp³-hybridized carbons (Fsp3) is 0.294. The molecule has 0 saturated carbocycles. The topological polar surface area (TPSA) is 52.6 Å². The molecule has 0 spiro atoms. The van der Waals surface area contributed by atoms with Gasteiger partial charge in [-0.05, 0) is 41.9 Å². The monoisotopic (exact) mass is 364 g/mol. The van der Waals surface area contributed by atoms with Gasteiger partial charge in [-0.15, -0.1) is 0 Å². The van der Waals surface area contributed by atoms with Crippen LogP contribution in [0.3, 0.4) is 0 Å². The van der Waals surface area contributed by atoms with Gasteiger partial charge in [0.25, 0.3) is 0 Å². The molecule has 0 radical (unpaired) electrons. The highest BCUT2D eigenvalue weighted by atomic mass is 35.5. The van der Waals surface area contributed by atoms with Gasteiger partial charge >= 0.3 is 7.12 Å². The maximum absolute atomic E-state index is 12.6. The number of hydrogen-bond donors (Lipinski definition) is 0. The minimum atomic E-state index is -3.56. The smallest absolute Gasteiger partial charge is 0.407 e. The summed E-state index contributed by atoms with van der Waals surface area (Å²) in [6, 6.07) is 12.7. The van der Waals surface area contributed by atoms with Crippen molar-refractivity contribution in [2.75, 3.05) is 13.2 Å². The van der Waals surface area contributed by atoms with Crippen molar-refractivity contribution >= 4 is 34.0 Å². The molecule has 0 aliphatic carbocycles. The van der Waals surface area contributed by atoms with E-state index < -0.39 is 17.0 Å². The number of halogens is 1. The first-order valence-corrected chi connectivity index (χ1v) is 9.48. The molecule has 0 atom stereocenters. The number of rotatable bonds is 3. The zero-order valence-electron chi connectivity index (χ0n) is 13.5. The maximum Gasteiger partial charge on any atom is 0.493 e. The van der Waals surface area contributed by atoms with Crippen molar-refractivity contribution in [3.63, 3.8) is 0 Å². The van der Waals surface area contributed by atoms with Gasteiger partial charge < -0.3 is 9.31 Å². The second-order valence-corrected chi connectivity index (χ2v) is 9.03. The molecule has 1 heterocycles. The van der Waals surface area contributed by atoms with Gasteiger partial charge in [0.05, 0.1) is 9.79 Å². The summed E-state index contributed by atoms with van der Waals surface area (Å²) in [5.41, 5.74) is 0.800. The molecule has 1 saturated heterocycles. The molecule has 1 fully saturated rings. The molecule has 4 nitrogen and oxygen atoms in total. The lowest BCUT2D eigenvalue weighted by atomic mass is 9.76. The Morgan fingerprint density at radius 2 is 1.38 bits per heavy atom. The SMILES string of the molecule is CC1(C)COB(c2ccc(S(=O)(=O)c3ccc(Cl)cc3)cc2)OC1. The normalized spacial score (nSPS) is 17.7. The van der Waals surface area contributed by atoms with Gasteiger partial charge in [0, 0.05) is 23.7 Å². The molecule has 3 rings (SSSR count). The maximum atomic E-state index is 12.6. The highest BCUT2D eigenvalue weighted by molar-refractivity contribution is 7.91. The van der Waals surface area contributed by atoms with Crippen LogP contribution in [0.5, 0.6) is 0 Å². The Balaban J connectivity index is 1.80. The fourth-order valence-corrected chi connectivity index (χ4v) is 3.83. The van der Waals surface area contributed by atoms with Crippen LogP contribution in [-0.4, -0.2) is 28.7 Å². The Kier molecular flexibility index (Phi) is 4.75. The average molecular weight is 365 g/mol. The van der Waals surface area contributed by atoms with Gasteiger partial charge in [0.2, 0.25) is 9.84 Å². The third-order valence-corrected chi connectivity index (χ3v) is 5.87. The minimum Gasteiger partial charge on any atom is -0.407 e. The molecule has 126 valence electrons. The van der Waals surface area contributed by atoms with Crippen LogP contribution in [0.1, 0.15) is 13.8 Å². The number of hydrogen-bond acceptors (Lipinski definition) is 4. The van der Waals surface area contributed by atoms with E-state index in [4.69, 9.17) is 20.9 Å². The molecular weight excluding hydrogens is 347 g/mol. The molecule has 0 N–H and O–H groups in total. The third kappa shape index (κ3) is 3.67. The summed E-state index contributed by atoms with van der Waals surface area (Å²) in [6.07, 6.45) is 0. The summed E-state index contributed by atoms with van der Waals surface area (Å²) < 4.78 is 36.7. The Hall–Kier alpha value is -1.34. The Morgan fingerprint density at radius 1 is 0.917 bits per heavy atom. The number of benzene rings is 2. The summed E-state index contributed by atoms with van der Waals surface area (Å²) >= 11 is 5.81. The van der Waals surface area contributed by atoms with Crippen molar-refractivity contribution in [2.45, 2.75) is 23.6 Å². The van der Waals surface area contributed by atoms with E-state index in [1.165, 1.54) is 12.1 Å². The first-order valence-electron chi connectivity index (χ1n) is 7.62. The van der Waals surface area contributed by atoms with Crippen molar-refractivity contribution < 1.29 is 17.7 Å². The van der Waals surface area contributed by atoms with Crippen LogP contribution in [-0.2, 0) is 19.1 Å². The van der Waals surface area contributed by atoms with Gasteiger partial charge in [-0.1, -0.05) is 37.6 Å². The second-order valence-electron chi connectivity index (χ2n) is 6.64. The first-order chi connectivity index (χ1) is 11.3. The van der Waals surface area contributed by atoms with Crippen LogP contribution in [0.25, 0.3) is 0 Å². The largest absolute Gasteiger partial charge is 0.493 e. The van der Waals surface area contributed by atoms with E-state index in [1.54, 1.807) is 36.4 Å². The summed E-state index contributed by atoms with van der Waals surface area (Å²) in [5, 5.41) is 0.499. The van der Waals surface area contributed by atoms with Gasteiger partial charge in [-0.2, -0.15) is 0 Å². The van der Waals surface area contributed by atoms with E-state index >= 15 is 0 Å². The standard InChI is InChI=1S/C17H18BClO4S/c1-17(2)11-22-18(23-12-17)13-3-7-15(8-4-13)24(20,21)16-9-5-14(19)6-10-16/h3-10H,11-12H2,1-2H3. The zero-order chi connectivity index (χ0) is 17.4. The van der Waals surface area contributed by atoms with E-state index in [9.17, 15) is 8.42 Å². The molecule has 1 aliphatic rings. The molecule has 0 bridgehead atoms. The molecule has 0 unspecified atom stereocenters. The molecule has 2 aromatic carbocycles. The van der Waals surface area contributed by atoms with Gasteiger partial charge in [0.15, 0.2) is 0 Å². The Bertz CT molecular complexity index is 807. The van der Waals surface area contributed by atoms with Crippen LogP contribution >= 0.6 is 11.6 Å². The van der Waals surface area contributed by atoms with Crippen LogP contribution in [0.15, 0.2) is 58.3 Å². The molecule has 2 aromatic rings. The lowest BCUT2D eigenvalue weighted by Crippen LogP contribution is -2.47. The quantitative estimate of drug-likeness (QED) is 0.786. The van der Waals surface area contributed by atoms with E-state index in [-0.39, 0.29) is 15.2 Å². The molecule has 0 aromatic heterocycles. The second kappa shape index (κ2) is 6.52. The van der Waals surface area contributed by atoms with Crippen molar-refractivity contribution in [1.29, 1.82) is 0 Å².